The number of methoxy groups -OCH3 is 1. The van der Waals surface area contributed by atoms with Crippen LogP contribution in [0.15, 0.2) is 28.2 Å². The van der Waals surface area contributed by atoms with Crippen molar-refractivity contribution in [2.75, 3.05) is 7.11 Å². The van der Waals surface area contributed by atoms with Gasteiger partial charge in [-0.1, -0.05) is 6.07 Å². The summed E-state index contributed by atoms with van der Waals surface area (Å²) in [5, 5.41) is 0. The second kappa shape index (κ2) is 5.67. The van der Waals surface area contributed by atoms with E-state index in [-0.39, 0.29) is 11.9 Å². The van der Waals surface area contributed by atoms with Crippen molar-refractivity contribution in [1.82, 2.24) is 0 Å². The van der Waals surface area contributed by atoms with Crippen LogP contribution in [0, 0.1) is 6.92 Å². The van der Waals surface area contributed by atoms with Crippen LogP contribution in [0.25, 0.3) is 0 Å². The van der Waals surface area contributed by atoms with Gasteiger partial charge in [0.25, 0.3) is 0 Å². The maximum absolute atomic E-state index is 11.4. The minimum absolute atomic E-state index is 0.0832. The molecule has 0 fully saturated rings. The lowest BCUT2D eigenvalue weighted by Gasteiger charge is -2.04. The highest BCUT2D eigenvalue weighted by atomic mass is 16.5. The molecule has 0 unspecified atom stereocenters. The first-order valence-electron chi connectivity index (χ1n) is 5.06. The number of nitrogens with zero attached hydrogens (tertiary/aromatic N) is 2. The molecule has 0 radical (unpaired) electrons. The number of nitrogens with two attached hydrogens (primary N) is 3. The van der Waals surface area contributed by atoms with Gasteiger partial charge < -0.3 is 21.9 Å². The molecule has 96 valence electrons. The molecule has 7 nitrogen and oxygen atoms in total. The summed E-state index contributed by atoms with van der Waals surface area (Å²) in [4.78, 5) is 19.0. The highest BCUT2D eigenvalue weighted by Gasteiger charge is 2.07. The van der Waals surface area contributed by atoms with Crippen molar-refractivity contribution in [3.8, 4) is 0 Å². The summed E-state index contributed by atoms with van der Waals surface area (Å²) in [6.45, 7) is 1.82. The van der Waals surface area contributed by atoms with Crippen LogP contribution in [0.1, 0.15) is 15.9 Å². The number of hydrogen-bond acceptors (Lipinski definition) is 3. The number of rotatable bonds is 2. The number of benzene rings is 1. The Morgan fingerprint density at radius 3 is 2.50 bits per heavy atom. The van der Waals surface area contributed by atoms with Crippen LogP contribution >= 0.6 is 0 Å². The quantitative estimate of drug-likeness (QED) is 0.386. The normalized spacial score (nSPS) is 10.9. The average Bonchev–Trinajstić information content (AvgIpc) is 2.30. The van der Waals surface area contributed by atoms with Crippen molar-refractivity contribution in [3.05, 3.63) is 29.3 Å². The van der Waals surface area contributed by atoms with E-state index in [1.807, 2.05) is 6.92 Å². The van der Waals surface area contributed by atoms with E-state index in [4.69, 9.17) is 17.2 Å². The summed E-state index contributed by atoms with van der Waals surface area (Å²) in [7, 11) is 1.30. The predicted molar refractivity (Wildman–Crippen MR) is 69.6 cm³/mol. The molecule has 1 rings (SSSR count). The smallest absolute Gasteiger partial charge is 0.337 e. The molecule has 6 N–H and O–H groups in total. The van der Waals surface area contributed by atoms with Gasteiger partial charge in [-0.25, -0.2) is 9.79 Å². The lowest BCUT2D eigenvalue weighted by Crippen LogP contribution is -2.26. The van der Waals surface area contributed by atoms with Gasteiger partial charge >= 0.3 is 5.97 Å². The molecule has 0 aliphatic carbocycles. The number of carbonyl (C=O) groups is 1. The van der Waals surface area contributed by atoms with Gasteiger partial charge in [-0.3, -0.25) is 0 Å². The lowest BCUT2D eigenvalue weighted by molar-refractivity contribution is 0.0601. The summed E-state index contributed by atoms with van der Waals surface area (Å²) in [5.74, 6) is -0.718. The second-order valence-corrected chi connectivity index (χ2v) is 3.50. The van der Waals surface area contributed by atoms with E-state index in [9.17, 15) is 4.79 Å². The third-order valence-corrected chi connectivity index (χ3v) is 2.11. The maximum atomic E-state index is 11.4. The van der Waals surface area contributed by atoms with E-state index in [1.54, 1.807) is 18.2 Å². The van der Waals surface area contributed by atoms with Gasteiger partial charge in [-0.05, 0) is 24.6 Å². The number of guanidine groups is 2. The summed E-state index contributed by atoms with van der Waals surface area (Å²) < 4.78 is 4.61. The zero-order valence-electron chi connectivity index (χ0n) is 10.2. The van der Waals surface area contributed by atoms with Gasteiger partial charge in [0.05, 0.1) is 18.4 Å². The topological polar surface area (TPSA) is 129 Å². The number of hydrogen-bond donors (Lipinski definition) is 3. The fourth-order valence-electron chi connectivity index (χ4n) is 1.26. The first-order valence-corrected chi connectivity index (χ1v) is 5.06. The van der Waals surface area contributed by atoms with Crippen molar-refractivity contribution >= 4 is 23.6 Å². The molecular formula is C11H15N5O2. The average molecular weight is 249 g/mol. The Morgan fingerprint density at radius 2 is 1.94 bits per heavy atom. The Labute approximate surface area is 104 Å². The molecule has 0 amide bonds. The standard InChI is InChI=1S/C11H15N5O2/c1-6-3-4-7(9(17)18-2)5-8(6)15-11(14)16-10(12)13/h3-5H,1-2H3,(H6,12,13,14,15,16). The molecule has 0 saturated heterocycles. The highest BCUT2D eigenvalue weighted by molar-refractivity contribution is 5.94. The molecule has 0 atom stereocenters. The molecule has 0 aromatic heterocycles. The van der Waals surface area contributed by atoms with Crippen LogP contribution in [0.2, 0.25) is 0 Å². The minimum Gasteiger partial charge on any atom is -0.465 e. The third kappa shape index (κ3) is 3.48. The van der Waals surface area contributed by atoms with Gasteiger partial charge in [0.1, 0.15) is 0 Å². The van der Waals surface area contributed by atoms with Gasteiger partial charge in [0.15, 0.2) is 5.96 Å². The van der Waals surface area contributed by atoms with E-state index < -0.39 is 5.97 Å². The molecular weight excluding hydrogens is 234 g/mol. The number of carbonyl (C=O) groups excluding carboxylic acids is 1. The number of esters is 1. The number of aryl methyl sites for hydroxylation is 1. The van der Waals surface area contributed by atoms with Crippen LogP contribution in [0.3, 0.4) is 0 Å². The van der Waals surface area contributed by atoms with Crippen LogP contribution in [-0.4, -0.2) is 25.0 Å². The zero-order chi connectivity index (χ0) is 13.7. The van der Waals surface area contributed by atoms with E-state index in [2.05, 4.69) is 14.7 Å². The first kappa shape index (κ1) is 13.5. The molecule has 0 spiro atoms. The van der Waals surface area contributed by atoms with Crippen LogP contribution < -0.4 is 17.2 Å². The number of ether oxygens (including phenoxy) is 1. The molecule has 1 aromatic carbocycles. The fourth-order valence-corrected chi connectivity index (χ4v) is 1.26. The predicted octanol–water partition coefficient (Wildman–Crippen LogP) is 0.00122. The van der Waals surface area contributed by atoms with Crippen LogP contribution in [0.4, 0.5) is 5.69 Å². The monoisotopic (exact) mass is 249 g/mol. The van der Waals surface area contributed by atoms with E-state index in [0.717, 1.165) is 5.56 Å². The Morgan fingerprint density at radius 1 is 1.28 bits per heavy atom. The molecule has 0 bridgehead atoms. The lowest BCUT2D eigenvalue weighted by atomic mass is 10.1. The van der Waals surface area contributed by atoms with Crippen molar-refractivity contribution in [3.63, 3.8) is 0 Å². The van der Waals surface area contributed by atoms with Crippen molar-refractivity contribution in [2.24, 2.45) is 27.2 Å². The molecule has 7 heteroatoms. The maximum Gasteiger partial charge on any atom is 0.337 e. The Bertz CT molecular complexity index is 518. The third-order valence-electron chi connectivity index (χ3n) is 2.11. The van der Waals surface area contributed by atoms with E-state index >= 15 is 0 Å². The summed E-state index contributed by atoms with van der Waals surface area (Å²) >= 11 is 0. The first-order chi connectivity index (χ1) is 8.43. The molecule has 0 saturated carbocycles. The molecule has 0 aliphatic heterocycles. The van der Waals surface area contributed by atoms with Gasteiger partial charge in [-0.2, -0.15) is 4.99 Å². The Balaban J connectivity index is 3.16. The molecule has 18 heavy (non-hydrogen) atoms. The summed E-state index contributed by atoms with van der Waals surface area (Å²) in [6, 6.07) is 4.92. The second-order valence-electron chi connectivity index (χ2n) is 3.50. The van der Waals surface area contributed by atoms with E-state index in [1.165, 1.54) is 7.11 Å². The van der Waals surface area contributed by atoms with E-state index in [0.29, 0.717) is 11.3 Å². The van der Waals surface area contributed by atoms with Gasteiger partial charge in [0.2, 0.25) is 5.96 Å². The fraction of sp³-hybridized carbons (Fsp3) is 0.182. The van der Waals surface area contributed by atoms with Crippen molar-refractivity contribution in [1.29, 1.82) is 0 Å². The Kier molecular flexibility index (Phi) is 4.25. The van der Waals surface area contributed by atoms with Crippen molar-refractivity contribution < 1.29 is 9.53 Å². The minimum atomic E-state index is -0.452. The Hall–Kier alpha value is -2.57. The molecule has 1 aromatic rings. The summed E-state index contributed by atoms with van der Waals surface area (Å²) in [5.41, 5.74) is 17.6. The summed E-state index contributed by atoms with van der Waals surface area (Å²) in [6.07, 6.45) is 0. The largest absolute Gasteiger partial charge is 0.465 e. The SMILES string of the molecule is COC(=O)c1ccc(C)c(N=C(N)N=C(N)N)c1. The highest BCUT2D eigenvalue weighted by Crippen LogP contribution is 2.20. The zero-order valence-corrected chi connectivity index (χ0v) is 10.2. The van der Waals surface area contributed by atoms with Gasteiger partial charge in [-0.15, -0.1) is 0 Å². The van der Waals surface area contributed by atoms with Gasteiger partial charge in [0, 0.05) is 0 Å². The van der Waals surface area contributed by atoms with Crippen LogP contribution in [-0.2, 0) is 4.74 Å². The number of aliphatic imine (C=N–C) groups is 2. The van der Waals surface area contributed by atoms with Crippen LogP contribution in [0.5, 0.6) is 0 Å². The molecule has 0 heterocycles. The molecule has 0 aliphatic rings. The van der Waals surface area contributed by atoms with Crippen molar-refractivity contribution in [2.45, 2.75) is 6.92 Å².